The second-order valence-electron chi connectivity index (χ2n) is 10.1. The van der Waals surface area contributed by atoms with Gasteiger partial charge in [0.1, 0.15) is 5.60 Å². The molecule has 0 unspecified atom stereocenters. The Kier molecular flexibility index (Phi) is 7.44. The van der Waals surface area contributed by atoms with E-state index in [0.29, 0.717) is 5.41 Å². The zero-order valence-electron chi connectivity index (χ0n) is 16.6. The number of carbonyl (C=O) groups excluding carboxylic acids is 1. The maximum Gasteiger partial charge on any atom is 0.312 e. The number of carbonyl (C=O) groups is 1. The summed E-state index contributed by atoms with van der Waals surface area (Å²) in [5, 5.41) is 0. The molecule has 0 spiro atoms. The molecular formula is C24H46O2. The number of rotatable bonds is 7. The van der Waals surface area contributed by atoms with Crippen LogP contribution in [-0.2, 0) is 9.53 Å². The molecule has 2 nitrogen and oxygen atoms in total. The summed E-state index contributed by atoms with van der Waals surface area (Å²) in [7, 11) is 0. The van der Waals surface area contributed by atoms with E-state index in [9.17, 15) is 4.79 Å². The first-order chi connectivity index (χ1) is 11.3. The zero-order valence-corrected chi connectivity index (χ0v) is 16.6. The molecule has 0 atom stereocenters. The highest BCUT2D eigenvalue weighted by Gasteiger charge is 2.54. The van der Waals surface area contributed by atoms with Crippen LogP contribution in [0.2, 0.25) is 0 Å². The van der Waals surface area contributed by atoms with Gasteiger partial charge >= 0.3 is 5.97 Å². The Morgan fingerprint density at radius 2 is 1.31 bits per heavy atom. The van der Waals surface area contributed by atoms with Gasteiger partial charge in [-0.3, -0.25) is 4.79 Å². The third-order valence-corrected chi connectivity index (χ3v) is 7.90. The Morgan fingerprint density at radius 1 is 0.885 bits per heavy atom. The topological polar surface area (TPSA) is 26.3 Å². The molecule has 0 heterocycles. The van der Waals surface area contributed by atoms with Crippen molar-refractivity contribution < 1.29 is 9.53 Å². The first-order valence-electron chi connectivity index (χ1n) is 10.5. The molecule has 4 aliphatic carbocycles. The van der Waals surface area contributed by atoms with Crippen molar-refractivity contribution in [1.82, 2.24) is 0 Å². The Morgan fingerprint density at radius 3 is 1.65 bits per heavy atom. The lowest BCUT2D eigenvalue weighted by molar-refractivity contribution is -0.181. The second-order valence-corrected chi connectivity index (χ2v) is 10.1. The summed E-state index contributed by atoms with van der Waals surface area (Å²) in [5.74, 6) is 2.90. The van der Waals surface area contributed by atoms with E-state index in [-0.39, 0.29) is 31.8 Å². The molecular weight excluding hydrogens is 320 g/mol. The fourth-order valence-electron chi connectivity index (χ4n) is 6.35. The molecule has 0 amide bonds. The molecule has 0 N–H and O–H groups in total. The lowest BCUT2D eigenvalue weighted by Gasteiger charge is -2.59. The molecule has 4 saturated carbocycles. The number of ether oxygens (including phenoxy) is 1. The monoisotopic (exact) mass is 366 g/mol. The third-order valence-electron chi connectivity index (χ3n) is 7.90. The van der Waals surface area contributed by atoms with Crippen LogP contribution in [0.5, 0.6) is 0 Å². The highest BCUT2D eigenvalue weighted by atomic mass is 16.6. The zero-order chi connectivity index (χ0) is 17.6. The van der Waals surface area contributed by atoms with Gasteiger partial charge in [-0.2, -0.15) is 0 Å². The van der Waals surface area contributed by atoms with Gasteiger partial charge in [-0.15, -0.1) is 0 Å². The van der Waals surface area contributed by atoms with Gasteiger partial charge in [0.15, 0.2) is 0 Å². The Balaban J connectivity index is 0.00000169. The number of hydrogen-bond acceptors (Lipinski definition) is 2. The van der Waals surface area contributed by atoms with E-state index in [2.05, 4.69) is 20.8 Å². The first-order valence-corrected chi connectivity index (χ1v) is 10.5. The smallest absolute Gasteiger partial charge is 0.312 e. The molecule has 4 bridgehead atoms. The van der Waals surface area contributed by atoms with E-state index in [1.54, 1.807) is 0 Å². The van der Waals surface area contributed by atoms with Gasteiger partial charge in [0, 0.05) is 0 Å². The quantitative estimate of drug-likeness (QED) is 0.439. The van der Waals surface area contributed by atoms with Crippen molar-refractivity contribution in [2.45, 2.75) is 119 Å². The van der Waals surface area contributed by atoms with E-state index in [0.717, 1.165) is 43.4 Å². The van der Waals surface area contributed by atoms with Crippen LogP contribution in [0.1, 0.15) is 114 Å². The average molecular weight is 367 g/mol. The van der Waals surface area contributed by atoms with Gasteiger partial charge in [-0.25, -0.2) is 0 Å². The van der Waals surface area contributed by atoms with Crippen LogP contribution in [-0.4, -0.2) is 11.6 Å². The Hall–Kier alpha value is -0.530. The van der Waals surface area contributed by atoms with Crippen LogP contribution in [0.3, 0.4) is 0 Å². The maximum atomic E-state index is 12.8. The minimum Gasteiger partial charge on any atom is -0.459 e. The van der Waals surface area contributed by atoms with Crippen LogP contribution in [0, 0.1) is 28.6 Å². The van der Waals surface area contributed by atoms with Crippen molar-refractivity contribution in [3.8, 4) is 0 Å². The molecule has 0 aliphatic heterocycles. The van der Waals surface area contributed by atoms with E-state index >= 15 is 0 Å². The van der Waals surface area contributed by atoms with Crippen LogP contribution in [0.25, 0.3) is 0 Å². The summed E-state index contributed by atoms with van der Waals surface area (Å²) < 4.78 is 6.29. The fourth-order valence-corrected chi connectivity index (χ4v) is 6.35. The molecule has 0 saturated heterocycles. The molecule has 26 heavy (non-hydrogen) atoms. The fraction of sp³-hybridized carbons (Fsp3) is 0.958. The van der Waals surface area contributed by atoms with Crippen molar-refractivity contribution >= 4 is 5.97 Å². The molecule has 154 valence electrons. The molecule has 2 heteroatoms. The predicted molar refractivity (Wildman–Crippen MR) is 112 cm³/mol. The minimum absolute atomic E-state index is 0. The van der Waals surface area contributed by atoms with Crippen molar-refractivity contribution in [2.75, 3.05) is 0 Å². The standard InChI is InChI=1S/C22H38O2.2CH4/c1-6-20(4,5)19(23)24-22(7-2,8-3)15-21-12-16-9-17(13-21)11-18(10-16)14-21;;/h16-18H,6-15H2,1-5H3;2*1H4. The second kappa shape index (κ2) is 8.23. The highest BCUT2D eigenvalue weighted by molar-refractivity contribution is 5.76. The van der Waals surface area contributed by atoms with Crippen molar-refractivity contribution in [3.63, 3.8) is 0 Å². The summed E-state index contributed by atoms with van der Waals surface area (Å²) in [6.45, 7) is 10.6. The number of hydrogen-bond donors (Lipinski definition) is 0. The third kappa shape index (κ3) is 4.30. The van der Waals surface area contributed by atoms with Gasteiger partial charge in [-0.1, -0.05) is 35.6 Å². The summed E-state index contributed by atoms with van der Waals surface area (Å²) in [4.78, 5) is 12.8. The molecule has 0 aromatic heterocycles. The van der Waals surface area contributed by atoms with E-state index in [4.69, 9.17) is 4.74 Å². The van der Waals surface area contributed by atoms with E-state index in [1.807, 2.05) is 13.8 Å². The average Bonchev–Trinajstić information content (AvgIpc) is 2.52. The van der Waals surface area contributed by atoms with E-state index < -0.39 is 0 Å². The summed E-state index contributed by atoms with van der Waals surface area (Å²) in [5.41, 5.74) is -0.135. The maximum absolute atomic E-state index is 12.8. The molecule has 4 rings (SSSR count). The predicted octanol–water partition coefficient (Wildman–Crippen LogP) is 7.40. The van der Waals surface area contributed by atoms with Gasteiger partial charge in [0.25, 0.3) is 0 Å². The van der Waals surface area contributed by atoms with Gasteiger partial charge in [0.05, 0.1) is 5.41 Å². The SMILES string of the molecule is C.C.CCC(CC)(CC12CC3CC(CC(C3)C1)C2)OC(=O)C(C)(C)CC. The van der Waals surface area contributed by atoms with Gasteiger partial charge in [0.2, 0.25) is 0 Å². The van der Waals surface area contributed by atoms with Gasteiger partial charge in [-0.05, 0) is 101 Å². The molecule has 0 aromatic carbocycles. The van der Waals surface area contributed by atoms with Crippen molar-refractivity contribution in [3.05, 3.63) is 0 Å². The summed E-state index contributed by atoms with van der Waals surface area (Å²) in [6.07, 6.45) is 12.5. The minimum atomic E-state index is -0.364. The van der Waals surface area contributed by atoms with Gasteiger partial charge < -0.3 is 4.74 Å². The van der Waals surface area contributed by atoms with Crippen LogP contribution in [0.15, 0.2) is 0 Å². The van der Waals surface area contributed by atoms with Crippen LogP contribution >= 0.6 is 0 Å². The lowest BCUT2D eigenvalue weighted by atomic mass is 9.47. The molecule has 0 radical (unpaired) electrons. The Labute approximate surface area is 163 Å². The normalized spacial score (nSPS) is 32.6. The molecule has 4 aliphatic rings. The first kappa shape index (κ1) is 23.5. The summed E-state index contributed by atoms with van der Waals surface area (Å²) in [6, 6.07) is 0. The van der Waals surface area contributed by atoms with Crippen LogP contribution < -0.4 is 0 Å². The van der Waals surface area contributed by atoms with E-state index in [1.165, 1.54) is 38.5 Å². The lowest BCUT2D eigenvalue weighted by Crippen LogP contribution is -2.51. The largest absolute Gasteiger partial charge is 0.459 e. The molecule has 4 fully saturated rings. The Bertz CT molecular complexity index is 437. The molecule has 0 aromatic rings. The highest BCUT2D eigenvalue weighted by Crippen LogP contribution is 2.63. The van der Waals surface area contributed by atoms with Crippen molar-refractivity contribution in [2.24, 2.45) is 28.6 Å². The summed E-state index contributed by atoms with van der Waals surface area (Å²) >= 11 is 0. The van der Waals surface area contributed by atoms with Crippen molar-refractivity contribution in [1.29, 1.82) is 0 Å². The number of esters is 1. The van der Waals surface area contributed by atoms with Crippen LogP contribution in [0.4, 0.5) is 0 Å².